The number of likely N-dealkylation sites (tertiary alicyclic amines) is 3. The molecule has 7 atom stereocenters. The number of unbranched alkanes of at least 4 members (excludes halogenated alkanes) is 1. The summed E-state index contributed by atoms with van der Waals surface area (Å²) in [5.74, 6) is -0.169. The number of carbonyl (C=O) groups excluding carboxylic acids is 2. The fourth-order valence-electron chi connectivity index (χ4n) is 17.8. The molecule has 0 bridgehead atoms. The highest BCUT2D eigenvalue weighted by atomic mass is 16.6. The van der Waals surface area contributed by atoms with Crippen LogP contribution in [0.25, 0.3) is 0 Å². The van der Waals surface area contributed by atoms with E-state index in [1.807, 2.05) is 108 Å². The van der Waals surface area contributed by atoms with Crippen LogP contribution in [0.4, 0.5) is 0 Å². The van der Waals surface area contributed by atoms with E-state index in [2.05, 4.69) is 209 Å². The molecule has 10 rings (SSSR count). The van der Waals surface area contributed by atoms with E-state index in [0.29, 0.717) is 106 Å². The smallest absolute Gasteiger partial charge is 0.306 e. The predicted molar refractivity (Wildman–Crippen MR) is 625 cm³/mol. The number of nitrogens with zero attached hydrogens (tertiary/aromatic N) is 9. The van der Waals surface area contributed by atoms with Crippen LogP contribution in [-0.4, -0.2) is 430 Å². The predicted octanol–water partition coefficient (Wildman–Crippen LogP) is 21.0. The molecule has 3 unspecified atom stereocenters. The molecule has 7 heterocycles. The Balaban J connectivity index is 0. The number of piperidine rings is 1. The Morgan fingerprint density at radius 3 is 0.893 bits per heavy atom. The monoisotopic (exact) mass is 2140 g/mol. The van der Waals surface area contributed by atoms with Gasteiger partial charge in [-0.3, -0.25) is 34.1 Å². The van der Waals surface area contributed by atoms with Crippen LogP contribution in [-0.2, 0) is 82.3 Å². The second-order valence-electron chi connectivity index (χ2n) is 46.9. The van der Waals surface area contributed by atoms with Crippen LogP contribution in [0.15, 0.2) is 30.3 Å². The van der Waals surface area contributed by atoms with Gasteiger partial charge in [0.15, 0.2) is 0 Å². The van der Waals surface area contributed by atoms with E-state index in [9.17, 15) is 9.59 Å². The third-order valence-corrected chi connectivity index (χ3v) is 26.5. The molecular formula is C122H247N9O19. The van der Waals surface area contributed by atoms with Gasteiger partial charge in [0.25, 0.3) is 0 Å². The van der Waals surface area contributed by atoms with Crippen LogP contribution in [0.2, 0.25) is 0 Å². The van der Waals surface area contributed by atoms with Crippen LogP contribution >= 0.6 is 0 Å². The summed E-state index contributed by atoms with van der Waals surface area (Å²) in [7, 11) is 2.19. The van der Waals surface area contributed by atoms with Crippen molar-refractivity contribution in [3.05, 3.63) is 35.9 Å². The fourth-order valence-corrected chi connectivity index (χ4v) is 17.8. The number of carbonyl (C=O) groups is 2. The van der Waals surface area contributed by atoms with E-state index in [0.717, 1.165) is 174 Å². The van der Waals surface area contributed by atoms with Crippen molar-refractivity contribution < 1.29 is 91.2 Å². The molecular weight excluding hydrogens is 1900 g/mol. The van der Waals surface area contributed by atoms with Gasteiger partial charge in [0, 0.05) is 196 Å². The summed E-state index contributed by atoms with van der Waals surface area (Å²) < 4.78 is 75.5. The molecule has 3 N–H and O–H groups in total. The van der Waals surface area contributed by atoms with Crippen molar-refractivity contribution in [1.82, 2.24) is 44.1 Å². The molecule has 9 aliphatic rings. The average molecular weight is 2140 g/mol. The summed E-state index contributed by atoms with van der Waals surface area (Å²) in [4.78, 5) is 44.5. The van der Waals surface area contributed by atoms with E-state index in [-0.39, 0.29) is 60.8 Å². The standard InChI is InChI=1S/C13H18O2.C12H26N2O.2C12H25NO2.C12H23NO.C11H24N2O.C11H21NO.C10H21NO.C8H16O2.3C7H16O2/c1-11(2)15-13(14)10-6-9-12-7-4-3-5-8-12;1-11(2)14-7-5-13(6-8-14)9-10-15-12(3)4;2*1-10(2)14-7-5-6-13-8-11(3)15-12(4)9-13;1-11(2)14-8-4-7-13-9-12(10-13)5-3-6-12;1-11(2)14-10-4-5-13-8-6-12(3)7-9-13;1-10(2)13-7-6-12-8-11(9-12)4-3-5-11;1-10(2)12-9-8-11-6-4-3-5-7-11;1-4-5-6-8(9)10-7(2)3;3*1-4-7(8)5-9-6(2)3/h3-5,7-8,11H,6,9-10H2,1-2H3;11-12H,5-10H2,1-4H3;2*10-12H,5-9H2,1-4H3;11H,3-10H2,1-2H3;11H,4-10H2,1-3H3;10H,3-9H2,1-2H3;10H,3-9H2,1-2H3;7H,4-6H2,1-3H3;3*6-8H,4-5H2,1-3H3/t;;11-,12+;;;;;;;2*7-;/m.........10./s1. The Morgan fingerprint density at radius 1 is 0.320 bits per heavy atom. The first-order valence-corrected chi connectivity index (χ1v) is 60.4. The number of aliphatic hydroxyl groups excluding tert-OH is 3. The molecule has 7 saturated heterocycles. The van der Waals surface area contributed by atoms with Crippen LogP contribution in [0.3, 0.4) is 0 Å². The molecule has 2 aliphatic carbocycles. The zero-order valence-electron chi connectivity index (χ0n) is 104. The van der Waals surface area contributed by atoms with Crippen LogP contribution in [0.5, 0.6) is 0 Å². The fraction of sp³-hybridized carbons (Fsp3) is 0.934. The molecule has 1 aromatic carbocycles. The first-order chi connectivity index (χ1) is 71.0. The van der Waals surface area contributed by atoms with Crippen molar-refractivity contribution in [3.63, 3.8) is 0 Å². The molecule has 2 saturated carbocycles. The number of esters is 2. The summed E-state index contributed by atoms with van der Waals surface area (Å²) in [6.07, 6.45) is 28.8. The maximum absolute atomic E-state index is 11.2. The minimum Gasteiger partial charge on any atom is -0.463 e. The number of benzene rings is 1. The quantitative estimate of drug-likeness (QED) is 0.0405. The summed E-state index contributed by atoms with van der Waals surface area (Å²) in [5.41, 5.74) is 2.84. The molecule has 150 heavy (non-hydrogen) atoms. The van der Waals surface area contributed by atoms with Crippen LogP contribution in [0.1, 0.15) is 376 Å². The van der Waals surface area contributed by atoms with E-state index in [1.54, 1.807) is 0 Å². The van der Waals surface area contributed by atoms with Crippen molar-refractivity contribution >= 4 is 11.9 Å². The average Bonchev–Trinajstić information content (AvgIpc) is 0.767. The number of aliphatic hydroxyl groups is 3. The molecule has 0 aromatic heterocycles. The van der Waals surface area contributed by atoms with Crippen molar-refractivity contribution in [2.45, 2.75) is 499 Å². The highest BCUT2D eigenvalue weighted by Gasteiger charge is 2.48. The first kappa shape index (κ1) is 149. The number of rotatable bonds is 54. The third-order valence-electron chi connectivity index (χ3n) is 26.5. The number of ether oxygens (including phenoxy) is 14. The Labute approximate surface area is 924 Å². The maximum Gasteiger partial charge on any atom is 0.306 e. The largest absolute Gasteiger partial charge is 0.463 e. The van der Waals surface area contributed by atoms with Gasteiger partial charge in [-0.15, -0.1) is 0 Å². The molecule has 0 amide bonds. The molecule has 9 fully saturated rings. The first-order valence-electron chi connectivity index (χ1n) is 60.4. The zero-order valence-corrected chi connectivity index (χ0v) is 104. The summed E-state index contributed by atoms with van der Waals surface area (Å²) in [6, 6.07) is 10.9. The lowest BCUT2D eigenvalue weighted by Gasteiger charge is -2.56. The van der Waals surface area contributed by atoms with Gasteiger partial charge in [0.05, 0.1) is 156 Å². The summed E-state index contributed by atoms with van der Waals surface area (Å²) >= 11 is 0. The number of likely N-dealkylation sites (N-methyl/N-ethyl adjacent to an activating group) is 1. The van der Waals surface area contributed by atoms with Crippen molar-refractivity contribution in [3.8, 4) is 0 Å². The van der Waals surface area contributed by atoms with Crippen LogP contribution < -0.4 is 0 Å². The molecule has 0 radical (unpaired) electrons. The Bertz CT molecular complexity index is 2980. The second kappa shape index (κ2) is 93.9. The zero-order chi connectivity index (χ0) is 113. The van der Waals surface area contributed by atoms with Gasteiger partial charge >= 0.3 is 11.9 Å². The highest BCUT2D eigenvalue weighted by Crippen LogP contribution is 2.49. The Morgan fingerprint density at radius 2 is 0.600 bits per heavy atom. The molecule has 1 aromatic rings. The number of aryl methyl sites for hydroxylation is 1. The van der Waals surface area contributed by atoms with Gasteiger partial charge in [-0.25, -0.2) is 0 Å². The molecule has 28 nitrogen and oxygen atoms in total. The van der Waals surface area contributed by atoms with E-state index in [4.69, 9.17) is 81.6 Å². The van der Waals surface area contributed by atoms with Crippen molar-refractivity contribution in [2.75, 3.05) is 237 Å². The minimum absolute atomic E-state index is 0.00535. The lowest BCUT2D eigenvalue weighted by molar-refractivity contribution is -0.148. The SMILES string of the molecule is CC(C)OC(=O)CCCc1ccccc1.CC(C)OCCCN1CC(C)OC(C)C1.CC(C)OCCCN1CC2(CCC2)C1.CC(C)OCCCN1CCN(C)CC1.CC(C)OCCCN1C[C@@H](C)O[C@@H](C)C1.CC(C)OCCN1CC2(CCC2)C1.CC(C)OCCN1CCCCC1.CC(C)OCCN1CCN(C(C)C)CC1.CCC(O)COC(C)C.CCCCC(=O)OC(C)C.CC[C@@H](O)COC(C)C.CC[C@H](O)COC(C)C. The van der Waals surface area contributed by atoms with Crippen LogP contribution in [0, 0.1) is 10.8 Å². The third kappa shape index (κ3) is 90.9. The number of piperazine rings is 2. The number of hydrogen-bond acceptors (Lipinski definition) is 28. The second-order valence-corrected chi connectivity index (χ2v) is 46.9. The molecule has 2 spiro atoms. The van der Waals surface area contributed by atoms with E-state index < -0.39 is 0 Å². The number of hydrogen-bond donors (Lipinski definition) is 3. The van der Waals surface area contributed by atoms with Crippen molar-refractivity contribution in [1.29, 1.82) is 0 Å². The van der Waals surface area contributed by atoms with Gasteiger partial charge in [-0.05, 0) is 347 Å². The lowest BCUT2D eigenvalue weighted by atomic mass is 9.63. The highest BCUT2D eigenvalue weighted by molar-refractivity contribution is 5.69. The lowest BCUT2D eigenvalue weighted by Crippen LogP contribution is -2.60. The normalized spacial score (nSPS) is 20.2. The van der Waals surface area contributed by atoms with Gasteiger partial charge in [0.2, 0.25) is 0 Å². The molecule has 28 heteroatoms. The van der Waals surface area contributed by atoms with Gasteiger partial charge in [-0.1, -0.05) is 83.7 Å². The summed E-state index contributed by atoms with van der Waals surface area (Å²) in [5, 5.41) is 26.9. The van der Waals surface area contributed by atoms with Gasteiger partial charge in [0.1, 0.15) is 0 Å². The molecule has 894 valence electrons. The summed E-state index contributed by atoms with van der Waals surface area (Å²) in [6.45, 7) is 107. The maximum atomic E-state index is 11.2. The van der Waals surface area contributed by atoms with E-state index >= 15 is 0 Å². The van der Waals surface area contributed by atoms with Gasteiger partial charge < -0.3 is 101 Å². The van der Waals surface area contributed by atoms with Gasteiger partial charge in [-0.2, -0.15) is 0 Å². The van der Waals surface area contributed by atoms with E-state index in [1.165, 1.54) is 181 Å². The topological polar surface area (TPSA) is 253 Å². The number of morpholine rings is 2. The van der Waals surface area contributed by atoms with Crippen molar-refractivity contribution in [2.24, 2.45) is 10.8 Å². The Hall–Kier alpha value is -2.80. The molecule has 7 aliphatic heterocycles. The minimum atomic E-state index is -0.285. The Kier molecular flexibility index (Phi) is 93.4.